The molecule has 33 heteroatoms. The van der Waals surface area contributed by atoms with Crippen molar-refractivity contribution in [1.82, 2.24) is 16.0 Å². The number of hydrogen-bond acceptors (Lipinski definition) is 30. The molecule has 0 aromatic heterocycles. The second-order valence-electron chi connectivity index (χ2n) is 18.5. The van der Waals surface area contributed by atoms with E-state index in [1.54, 1.807) is 0 Å². The topological polar surface area (TPSA) is 469 Å². The normalized spacial score (nSPS) is 24.5. The summed E-state index contributed by atoms with van der Waals surface area (Å²) in [5, 5.41) is 124. The van der Waals surface area contributed by atoms with Crippen LogP contribution >= 0.6 is 0 Å². The van der Waals surface area contributed by atoms with Crippen LogP contribution in [0, 0.1) is 5.92 Å². The van der Waals surface area contributed by atoms with Gasteiger partial charge in [0.25, 0.3) is 0 Å². The molecule has 0 spiro atoms. The molecule has 3 amide bonds. The number of hydrogen-bond donors (Lipinski definition) is 15. The van der Waals surface area contributed by atoms with Gasteiger partial charge >= 0.3 is 0 Å². The number of aliphatic hydroxyl groups is 12. The Morgan fingerprint density at radius 2 is 0.780 bits per heavy atom. The molecule has 8 unspecified atom stereocenters. The predicted molar refractivity (Wildman–Crippen MR) is 275 cm³/mol. The van der Waals surface area contributed by atoms with E-state index in [1.165, 1.54) is 6.92 Å². The molecule has 0 bridgehead atoms. The molecule has 14 atom stereocenters. The Morgan fingerprint density at radius 1 is 0.439 bits per heavy atom. The summed E-state index contributed by atoms with van der Waals surface area (Å²) >= 11 is 0. The highest BCUT2D eigenvalue weighted by molar-refractivity contribution is 5.76. The van der Waals surface area contributed by atoms with Crippen molar-refractivity contribution < 1.29 is 147 Å². The summed E-state index contributed by atoms with van der Waals surface area (Å²) < 4.78 is 81.4. The zero-order chi connectivity index (χ0) is 60.3. The van der Waals surface area contributed by atoms with Crippen LogP contribution in [0.2, 0.25) is 0 Å². The molecule has 2 aliphatic rings. The van der Waals surface area contributed by atoms with Gasteiger partial charge in [0, 0.05) is 44.8 Å². The van der Waals surface area contributed by atoms with E-state index < -0.39 is 106 Å². The van der Waals surface area contributed by atoms with Crippen LogP contribution in [0.1, 0.15) is 26.2 Å². The SMILES string of the molecule is C[C@H](O)C(CO)O[C@H](OCCOCCOCCNC(=O)CCOCC(COCCC(=O)NCCOCCOCCO[C@H]1OC(CO)[C@@H](O)C(O)C1O)COCCC(=O)NCCOCCOCCO[C@H]1OC(CO)[C@H](O)C(O)C1O)C(O)O. The van der Waals surface area contributed by atoms with Crippen molar-refractivity contribution in [2.75, 3.05) is 178 Å². The number of amides is 3. The number of rotatable bonds is 52. The molecule has 484 valence electrons. The van der Waals surface area contributed by atoms with E-state index in [9.17, 15) is 75.7 Å². The average molecular weight is 1200 g/mol. The lowest BCUT2D eigenvalue weighted by Crippen LogP contribution is -2.59. The third-order valence-corrected chi connectivity index (χ3v) is 11.8. The lowest BCUT2D eigenvalue weighted by atomic mass is 9.99. The highest BCUT2D eigenvalue weighted by Crippen LogP contribution is 2.23. The summed E-state index contributed by atoms with van der Waals surface area (Å²) in [5.74, 6) is -1.17. The van der Waals surface area contributed by atoms with Gasteiger partial charge in [-0.05, 0) is 6.92 Å². The summed E-state index contributed by atoms with van der Waals surface area (Å²) in [7, 11) is 0. The maximum atomic E-state index is 12.4. The van der Waals surface area contributed by atoms with Crippen molar-refractivity contribution >= 4 is 17.7 Å². The highest BCUT2D eigenvalue weighted by Gasteiger charge is 2.45. The first-order valence-corrected chi connectivity index (χ1v) is 27.3. The van der Waals surface area contributed by atoms with E-state index in [0.717, 1.165) is 0 Å². The van der Waals surface area contributed by atoms with Gasteiger partial charge in [0.1, 0.15) is 54.9 Å². The van der Waals surface area contributed by atoms with E-state index in [2.05, 4.69) is 16.0 Å². The lowest BCUT2D eigenvalue weighted by molar-refractivity contribution is -0.302. The first-order valence-electron chi connectivity index (χ1n) is 27.3. The third-order valence-electron chi connectivity index (χ3n) is 11.8. The second kappa shape index (κ2) is 47.5. The van der Waals surface area contributed by atoms with Gasteiger partial charge in [0.05, 0.1) is 165 Å². The molecule has 0 aliphatic carbocycles. The summed E-state index contributed by atoms with van der Waals surface area (Å²) in [6, 6.07) is 0. The van der Waals surface area contributed by atoms with E-state index in [1.807, 2.05) is 0 Å². The number of carbonyl (C=O) groups excluding carboxylic acids is 3. The monoisotopic (exact) mass is 1200 g/mol. The molecule has 0 aromatic rings. The Bertz CT molecular complexity index is 1510. The van der Waals surface area contributed by atoms with Crippen LogP contribution in [0.3, 0.4) is 0 Å². The van der Waals surface area contributed by atoms with Gasteiger partial charge in [-0.15, -0.1) is 0 Å². The lowest BCUT2D eigenvalue weighted by Gasteiger charge is -2.39. The smallest absolute Gasteiger partial charge is 0.222 e. The largest absolute Gasteiger partial charge is 0.394 e. The van der Waals surface area contributed by atoms with Crippen LogP contribution < -0.4 is 16.0 Å². The quantitative estimate of drug-likeness (QED) is 0.0199. The second-order valence-corrected chi connectivity index (χ2v) is 18.5. The number of nitrogens with one attached hydrogen (secondary N) is 3. The maximum absolute atomic E-state index is 12.4. The zero-order valence-electron chi connectivity index (χ0n) is 46.6. The molecule has 15 N–H and O–H groups in total. The minimum atomic E-state index is -2.01. The van der Waals surface area contributed by atoms with Crippen LogP contribution in [0.5, 0.6) is 0 Å². The first kappa shape index (κ1) is 75.4. The molecular weight excluding hydrogens is 1110 g/mol. The van der Waals surface area contributed by atoms with Crippen LogP contribution in [-0.4, -0.2) is 343 Å². The fraction of sp³-hybridized carbons (Fsp3) is 0.939. The van der Waals surface area contributed by atoms with Crippen LogP contribution in [0.15, 0.2) is 0 Å². The van der Waals surface area contributed by atoms with Gasteiger partial charge < -0.3 is 148 Å². The van der Waals surface area contributed by atoms with E-state index in [-0.39, 0.29) is 201 Å². The number of aliphatic hydroxyl groups excluding tert-OH is 11. The standard InChI is InChI=1S/C49H93N3O30/c1-32(56)34(26-53)80-49(46(66)67)79-25-22-73-19-16-70-13-7-52-39(59)4-10-76-31-33(29-74-8-2-37(57)50-5-11-68-14-17-71-20-23-77-47-44(64)42(62)40(60)35(27-54)81-47)30-75-9-3-38(58)51-6-12-69-15-18-72-21-24-78-48-45(65)43(63)41(61)36(28-55)82-48/h32-36,40-49,53-56,60-67H,2-31H2,1H3,(H,50,57)(H,51,58)(H,52,59)/t32-,33?,34?,35?,36?,40-,41+,42?,43?,44?,45?,47-,48-,49-/m0/s1. The Balaban J connectivity index is 1.61. The Kier molecular flexibility index (Phi) is 43.7. The Labute approximate surface area is 476 Å². The molecule has 2 heterocycles. The molecule has 2 saturated heterocycles. The maximum Gasteiger partial charge on any atom is 0.222 e. The van der Waals surface area contributed by atoms with Crippen molar-refractivity contribution in [3.8, 4) is 0 Å². The molecule has 0 saturated carbocycles. The van der Waals surface area contributed by atoms with Gasteiger partial charge in [-0.25, -0.2) is 0 Å². The van der Waals surface area contributed by atoms with E-state index in [0.29, 0.717) is 0 Å². The Morgan fingerprint density at radius 3 is 1.11 bits per heavy atom. The summed E-state index contributed by atoms with van der Waals surface area (Å²) in [6.45, 7) is 2.91. The van der Waals surface area contributed by atoms with Crippen molar-refractivity contribution in [1.29, 1.82) is 0 Å². The van der Waals surface area contributed by atoms with E-state index in [4.69, 9.17) is 71.1 Å². The predicted octanol–water partition coefficient (Wildman–Crippen LogP) is -8.68. The summed E-state index contributed by atoms with van der Waals surface area (Å²) in [5.41, 5.74) is 0. The average Bonchev–Trinajstić information content (AvgIpc) is 3.57. The van der Waals surface area contributed by atoms with Gasteiger partial charge in [0.15, 0.2) is 12.6 Å². The van der Waals surface area contributed by atoms with Gasteiger partial charge in [-0.2, -0.15) is 0 Å². The molecule has 2 aliphatic heterocycles. The Hall–Kier alpha value is -2.67. The summed E-state index contributed by atoms with van der Waals surface area (Å²) in [6.07, 6.45) is -19.3. The molecule has 33 nitrogen and oxygen atoms in total. The fourth-order valence-corrected chi connectivity index (χ4v) is 7.16. The molecule has 2 rings (SSSR count). The summed E-state index contributed by atoms with van der Waals surface area (Å²) in [4.78, 5) is 37.3. The van der Waals surface area contributed by atoms with Crippen LogP contribution in [-0.2, 0) is 85.4 Å². The van der Waals surface area contributed by atoms with Gasteiger partial charge in [-0.1, -0.05) is 0 Å². The van der Waals surface area contributed by atoms with Gasteiger partial charge in [-0.3, -0.25) is 14.4 Å². The van der Waals surface area contributed by atoms with Crippen molar-refractivity contribution in [2.45, 2.75) is 112 Å². The van der Waals surface area contributed by atoms with Crippen molar-refractivity contribution in [2.24, 2.45) is 5.92 Å². The van der Waals surface area contributed by atoms with E-state index >= 15 is 0 Å². The molecule has 82 heavy (non-hydrogen) atoms. The van der Waals surface area contributed by atoms with Gasteiger partial charge in [0.2, 0.25) is 30.3 Å². The van der Waals surface area contributed by atoms with Crippen LogP contribution in [0.25, 0.3) is 0 Å². The minimum absolute atomic E-state index is 0.0100. The molecular formula is C49H93N3O30. The molecule has 2 fully saturated rings. The van der Waals surface area contributed by atoms with Crippen LogP contribution in [0.4, 0.5) is 0 Å². The third kappa shape index (κ3) is 33.9. The number of ether oxygens (including phenoxy) is 15. The van der Waals surface area contributed by atoms with Crippen molar-refractivity contribution in [3.63, 3.8) is 0 Å². The minimum Gasteiger partial charge on any atom is -0.394 e. The first-order chi connectivity index (χ1) is 39.5. The van der Waals surface area contributed by atoms with Crippen molar-refractivity contribution in [3.05, 3.63) is 0 Å². The molecule has 0 aromatic carbocycles. The number of carbonyl (C=O) groups is 3. The molecule has 0 radical (unpaired) electrons. The highest BCUT2D eigenvalue weighted by atomic mass is 16.7. The zero-order valence-corrected chi connectivity index (χ0v) is 46.6. The fourth-order valence-electron chi connectivity index (χ4n) is 7.16.